The monoisotopic (exact) mass is 280 g/mol. The third kappa shape index (κ3) is 2.75. The molecule has 1 aromatic carbocycles. The summed E-state index contributed by atoms with van der Waals surface area (Å²) in [5.74, 6) is -1.52. The van der Waals surface area contributed by atoms with Crippen molar-refractivity contribution in [2.45, 2.75) is 5.03 Å². The van der Waals surface area contributed by atoms with Gasteiger partial charge in [0.05, 0.1) is 0 Å². The molecule has 0 saturated heterocycles. The van der Waals surface area contributed by atoms with Crippen molar-refractivity contribution < 1.29 is 22.9 Å². The third-order valence-electron chi connectivity index (χ3n) is 2.26. The van der Waals surface area contributed by atoms with Crippen LogP contribution in [0.5, 0.6) is 0 Å². The summed E-state index contributed by atoms with van der Waals surface area (Å²) in [6.45, 7) is 0. The molecule has 2 rings (SSSR count). The number of carboxylic acid groups (broad SMARTS) is 1. The second kappa shape index (κ2) is 4.75. The lowest BCUT2D eigenvalue weighted by Crippen LogP contribution is -2.12. The summed E-state index contributed by atoms with van der Waals surface area (Å²) in [5.41, 5.74) is -0.175. The van der Waals surface area contributed by atoms with Gasteiger partial charge in [0.25, 0.3) is 0 Å². The first kappa shape index (κ1) is 13.1. The molecule has 0 amide bonds. The van der Waals surface area contributed by atoms with Crippen LogP contribution in [0.4, 0.5) is 0 Å². The summed E-state index contributed by atoms with van der Waals surface area (Å²) in [4.78, 5) is 18.2. The number of hydrogen-bond donors (Lipinski definition) is 2. The quantitative estimate of drug-likeness (QED) is 0.638. The molecule has 0 aliphatic rings. The summed E-state index contributed by atoms with van der Waals surface area (Å²) in [6.07, 6.45) is 0.848. The first-order valence-corrected chi connectivity index (χ1v) is 6.47. The van der Waals surface area contributed by atoms with Gasteiger partial charge in [-0.3, -0.25) is 4.55 Å². The summed E-state index contributed by atoms with van der Waals surface area (Å²) < 4.78 is 31.3. The zero-order valence-electron chi connectivity index (χ0n) is 9.39. The number of carboxylic acids is 1. The van der Waals surface area contributed by atoms with Gasteiger partial charge in [0.1, 0.15) is 5.56 Å². The van der Waals surface area contributed by atoms with E-state index in [0.29, 0.717) is 5.56 Å². The van der Waals surface area contributed by atoms with Crippen molar-refractivity contribution in [1.82, 2.24) is 9.97 Å². The van der Waals surface area contributed by atoms with Crippen molar-refractivity contribution in [3.63, 3.8) is 0 Å². The number of rotatable bonds is 3. The first-order chi connectivity index (χ1) is 8.89. The Hall–Kier alpha value is -2.32. The van der Waals surface area contributed by atoms with Gasteiger partial charge in [-0.05, 0) is 0 Å². The molecule has 2 aromatic rings. The zero-order chi connectivity index (χ0) is 14.0. The van der Waals surface area contributed by atoms with Crippen LogP contribution in [0.25, 0.3) is 11.4 Å². The molecule has 0 aliphatic carbocycles. The largest absolute Gasteiger partial charge is 0.478 e. The SMILES string of the molecule is O=C(O)c1cnc(-c2ccccc2)nc1S(=O)(=O)O. The standard InChI is InChI=1S/C11H8N2O5S/c14-11(15)8-6-12-9(7-4-2-1-3-5-7)13-10(8)19(16,17)18/h1-6H,(H,14,15)(H,16,17,18). The Labute approximate surface area is 108 Å². The molecule has 1 aromatic heterocycles. The fourth-order valence-electron chi connectivity index (χ4n) is 1.44. The van der Waals surface area contributed by atoms with Crippen molar-refractivity contribution in [3.05, 3.63) is 42.1 Å². The lowest BCUT2D eigenvalue weighted by molar-refractivity contribution is 0.0690. The summed E-state index contributed by atoms with van der Waals surface area (Å²) in [6, 6.07) is 8.39. The Bertz CT molecular complexity index is 728. The van der Waals surface area contributed by atoms with Crippen molar-refractivity contribution in [3.8, 4) is 11.4 Å². The average Bonchev–Trinajstić information content (AvgIpc) is 2.38. The fraction of sp³-hybridized carbons (Fsp3) is 0. The smallest absolute Gasteiger partial charge is 0.340 e. The Balaban J connectivity index is 2.67. The molecule has 8 heteroatoms. The molecule has 0 saturated carbocycles. The number of aromatic nitrogens is 2. The molecular weight excluding hydrogens is 272 g/mol. The van der Waals surface area contributed by atoms with Gasteiger partial charge >= 0.3 is 16.1 Å². The van der Waals surface area contributed by atoms with Crippen LogP contribution in [0.1, 0.15) is 10.4 Å². The van der Waals surface area contributed by atoms with Crippen LogP contribution in [0.3, 0.4) is 0 Å². The molecule has 0 fully saturated rings. The van der Waals surface area contributed by atoms with Crippen LogP contribution < -0.4 is 0 Å². The number of nitrogens with zero attached hydrogens (tertiary/aromatic N) is 2. The number of aromatic carboxylic acids is 1. The van der Waals surface area contributed by atoms with Crippen LogP contribution in [0.2, 0.25) is 0 Å². The maximum Gasteiger partial charge on any atom is 0.340 e. The van der Waals surface area contributed by atoms with Gasteiger partial charge in [-0.2, -0.15) is 8.42 Å². The van der Waals surface area contributed by atoms with Gasteiger partial charge in [0.15, 0.2) is 5.82 Å². The first-order valence-electron chi connectivity index (χ1n) is 5.03. The Kier molecular flexibility index (Phi) is 3.28. The highest BCUT2D eigenvalue weighted by molar-refractivity contribution is 7.85. The van der Waals surface area contributed by atoms with E-state index in [1.807, 2.05) is 0 Å². The third-order valence-corrected chi connectivity index (χ3v) is 3.06. The van der Waals surface area contributed by atoms with Crippen LogP contribution in [-0.4, -0.2) is 34.0 Å². The van der Waals surface area contributed by atoms with Gasteiger partial charge in [-0.25, -0.2) is 14.8 Å². The van der Waals surface area contributed by atoms with E-state index < -0.39 is 26.7 Å². The van der Waals surface area contributed by atoms with E-state index in [-0.39, 0.29) is 5.82 Å². The highest BCUT2D eigenvalue weighted by atomic mass is 32.2. The summed E-state index contributed by atoms with van der Waals surface area (Å²) >= 11 is 0. The Morgan fingerprint density at radius 2 is 1.79 bits per heavy atom. The minimum absolute atomic E-state index is 0.0122. The van der Waals surface area contributed by atoms with Crippen molar-refractivity contribution in [2.75, 3.05) is 0 Å². The van der Waals surface area contributed by atoms with E-state index in [1.165, 1.54) is 0 Å². The van der Waals surface area contributed by atoms with E-state index in [0.717, 1.165) is 6.20 Å². The number of benzene rings is 1. The molecule has 0 aliphatic heterocycles. The topological polar surface area (TPSA) is 117 Å². The molecule has 2 N–H and O–H groups in total. The van der Waals surface area contributed by atoms with Gasteiger partial charge in [-0.1, -0.05) is 30.3 Å². The normalized spacial score (nSPS) is 11.2. The van der Waals surface area contributed by atoms with Crippen LogP contribution in [0.15, 0.2) is 41.6 Å². The van der Waals surface area contributed by atoms with Gasteiger partial charge < -0.3 is 5.11 Å². The molecule has 7 nitrogen and oxygen atoms in total. The minimum Gasteiger partial charge on any atom is -0.478 e. The molecule has 0 bridgehead atoms. The van der Waals surface area contributed by atoms with Gasteiger partial charge in [-0.15, -0.1) is 0 Å². The maximum absolute atomic E-state index is 11.1. The second-order valence-electron chi connectivity index (χ2n) is 3.56. The molecule has 0 spiro atoms. The molecule has 0 radical (unpaired) electrons. The molecule has 0 unspecified atom stereocenters. The van der Waals surface area contributed by atoms with E-state index in [4.69, 9.17) is 9.66 Å². The van der Waals surface area contributed by atoms with Gasteiger partial charge in [0, 0.05) is 11.8 Å². The molecule has 98 valence electrons. The van der Waals surface area contributed by atoms with E-state index in [1.54, 1.807) is 30.3 Å². The summed E-state index contributed by atoms with van der Waals surface area (Å²) in [5, 5.41) is 7.91. The molecule has 1 heterocycles. The van der Waals surface area contributed by atoms with Crippen LogP contribution >= 0.6 is 0 Å². The van der Waals surface area contributed by atoms with E-state index >= 15 is 0 Å². The van der Waals surface area contributed by atoms with E-state index in [2.05, 4.69) is 9.97 Å². The molecular formula is C11H8N2O5S. The lowest BCUT2D eigenvalue weighted by Gasteiger charge is -2.04. The Morgan fingerprint density at radius 1 is 1.16 bits per heavy atom. The predicted molar refractivity (Wildman–Crippen MR) is 64.2 cm³/mol. The van der Waals surface area contributed by atoms with Crippen LogP contribution in [0, 0.1) is 0 Å². The highest BCUT2D eigenvalue weighted by Crippen LogP contribution is 2.18. The van der Waals surface area contributed by atoms with Gasteiger partial charge in [0.2, 0.25) is 5.03 Å². The van der Waals surface area contributed by atoms with Crippen LogP contribution in [-0.2, 0) is 10.1 Å². The second-order valence-corrected chi connectivity index (χ2v) is 4.90. The van der Waals surface area contributed by atoms with Crippen molar-refractivity contribution in [1.29, 1.82) is 0 Å². The lowest BCUT2D eigenvalue weighted by atomic mass is 10.2. The van der Waals surface area contributed by atoms with E-state index in [9.17, 15) is 13.2 Å². The van der Waals surface area contributed by atoms with Crippen molar-refractivity contribution in [2.24, 2.45) is 0 Å². The minimum atomic E-state index is -4.74. The van der Waals surface area contributed by atoms with Crippen molar-refractivity contribution >= 4 is 16.1 Å². The average molecular weight is 280 g/mol. The maximum atomic E-state index is 11.1. The number of carbonyl (C=O) groups is 1. The summed E-state index contributed by atoms with van der Waals surface area (Å²) in [7, 11) is -4.74. The molecule has 19 heavy (non-hydrogen) atoms. The Morgan fingerprint density at radius 3 is 2.32 bits per heavy atom. The predicted octanol–water partition coefficient (Wildman–Crippen LogP) is 1.09. The molecule has 0 atom stereocenters. The zero-order valence-corrected chi connectivity index (χ0v) is 10.2. The fourth-order valence-corrected chi connectivity index (χ4v) is 2.06. The number of hydrogen-bond acceptors (Lipinski definition) is 5. The highest BCUT2D eigenvalue weighted by Gasteiger charge is 2.23.